The molecule has 22 heavy (non-hydrogen) atoms. The first kappa shape index (κ1) is 16.1. The second-order valence-corrected chi connectivity index (χ2v) is 7.92. The minimum absolute atomic E-state index is 0.0772. The van der Waals surface area contributed by atoms with Crippen LogP contribution in [0.3, 0.4) is 0 Å². The van der Waals surface area contributed by atoms with Gasteiger partial charge in [0.1, 0.15) is 10.6 Å². The Morgan fingerprint density at radius 3 is 2.86 bits per heavy atom. The van der Waals surface area contributed by atoms with Crippen LogP contribution >= 0.6 is 15.9 Å². The summed E-state index contributed by atoms with van der Waals surface area (Å²) < 4.78 is 11.0. The Balaban J connectivity index is 1.70. The van der Waals surface area contributed by atoms with Crippen molar-refractivity contribution in [2.75, 3.05) is 26.3 Å². The summed E-state index contributed by atoms with van der Waals surface area (Å²) in [6, 6.07) is 0.389. The lowest BCUT2D eigenvalue weighted by molar-refractivity contribution is 0.0254. The van der Waals surface area contributed by atoms with Crippen molar-refractivity contribution in [1.82, 2.24) is 15.3 Å². The summed E-state index contributed by atoms with van der Waals surface area (Å²) in [4.78, 5) is 14.1. The Bertz CT molecular complexity index is 483. The van der Waals surface area contributed by atoms with Crippen molar-refractivity contribution in [3.05, 3.63) is 11.3 Å². The zero-order valence-electron chi connectivity index (χ0n) is 13.4. The molecule has 0 aromatic carbocycles. The van der Waals surface area contributed by atoms with Crippen LogP contribution in [0, 0.1) is 0 Å². The molecule has 124 valence electrons. The molecular formula is C15H24BrN3O3. The summed E-state index contributed by atoms with van der Waals surface area (Å²) in [5, 5.41) is 2.24. The highest BCUT2D eigenvalue weighted by molar-refractivity contribution is 9.09. The summed E-state index contributed by atoms with van der Waals surface area (Å²) in [7, 11) is 0. The highest BCUT2D eigenvalue weighted by atomic mass is 79.9. The Labute approximate surface area is 139 Å². The molecule has 0 aromatic heterocycles. The van der Waals surface area contributed by atoms with Crippen LogP contribution in [0.4, 0.5) is 4.79 Å². The number of nitrogens with one attached hydrogen (secondary N) is 1. The largest absolute Gasteiger partial charge is 0.444 e. The SMILES string of the molecule is CC(C)(C)OC(=O)N1CCC2=C(C1)C(Br)NN2C1CCOC1. The third-order valence-corrected chi connectivity index (χ3v) is 4.88. The lowest BCUT2D eigenvalue weighted by Crippen LogP contribution is -2.44. The number of rotatable bonds is 1. The maximum Gasteiger partial charge on any atom is 0.410 e. The molecular weight excluding hydrogens is 350 g/mol. The van der Waals surface area contributed by atoms with Gasteiger partial charge in [-0.3, -0.25) is 0 Å². The van der Waals surface area contributed by atoms with E-state index >= 15 is 0 Å². The Kier molecular flexibility index (Phi) is 4.40. The van der Waals surface area contributed by atoms with Crippen molar-refractivity contribution in [2.45, 2.75) is 50.2 Å². The molecule has 0 aromatic rings. The van der Waals surface area contributed by atoms with Gasteiger partial charge in [-0.05, 0) is 32.8 Å². The molecule has 2 unspecified atom stereocenters. The quantitative estimate of drug-likeness (QED) is 0.564. The van der Waals surface area contributed by atoms with Gasteiger partial charge in [0.25, 0.3) is 0 Å². The normalized spacial score (nSPS) is 29.1. The molecule has 0 saturated carbocycles. The lowest BCUT2D eigenvalue weighted by Gasteiger charge is -2.33. The van der Waals surface area contributed by atoms with Crippen molar-refractivity contribution in [2.24, 2.45) is 0 Å². The summed E-state index contributed by atoms with van der Waals surface area (Å²) in [6.45, 7) is 8.57. The van der Waals surface area contributed by atoms with Crippen LogP contribution in [0.2, 0.25) is 0 Å². The zero-order valence-corrected chi connectivity index (χ0v) is 15.0. The molecule has 0 bridgehead atoms. The average molecular weight is 374 g/mol. The van der Waals surface area contributed by atoms with Crippen LogP contribution in [0.15, 0.2) is 11.3 Å². The molecule has 2 atom stereocenters. The van der Waals surface area contributed by atoms with Crippen molar-refractivity contribution in [1.29, 1.82) is 0 Å². The van der Waals surface area contributed by atoms with Crippen LogP contribution in [0.5, 0.6) is 0 Å². The van der Waals surface area contributed by atoms with Gasteiger partial charge in [-0.15, -0.1) is 0 Å². The highest BCUT2D eigenvalue weighted by Gasteiger charge is 2.39. The van der Waals surface area contributed by atoms with E-state index in [1.165, 1.54) is 11.3 Å². The van der Waals surface area contributed by atoms with Gasteiger partial charge in [-0.1, -0.05) is 15.9 Å². The maximum absolute atomic E-state index is 12.3. The van der Waals surface area contributed by atoms with E-state index < -0.39 is 5.60 Å². The third kappa shape index (κ3) is 3.26. The van der Waals surface area contributed by atoms with E-state index in [1.807, 2.05) is 20.8 Å². The molecule has 3 rings (SSSR count). The van der Waals surface area contributed by atoms with E-state index in [-0.39, 0.29) is 11.0 Å². The number of hydrazine groups is 1. The fraction of sp³-hybridized carbons (Fsp3) is 0.800. The Hall–Kier alpha value is -0.790. The Morgan fingerprint density at radius 2 is 2.23 bits per heavy atom. The van der Waals surface area contributed by atoms with Crippen molar-refractivity contribution < 1.29 is 14.3 Å². The number of halogens is 1. The smallest absolute Gasteiger partial charge is 0.410 e. The predicted molar refractivity (Wildman–Crippen MR) is 86.4 cm³/mol. The van der Waals surface area contributed by atoms with E-state index in [1.54, 1.807) is 4.90 Å². The van der Waals surface area contributed by atoms with Crippen LogP contribution in [0.1, 0.15) is 33.6 Å². The number of nitrogens with zero attached hydrogens (tertiary/aromatic N) is 2. The molecule has 1 saturated heterocycles. The van der Waals surface area contributed by atoms with Crippen molar-refractivity contribution in [3.8, 4) is 0 Å². The first-order chi connectivity index (χ1) is 10.3. The summed E-state index contributed by atoms with van der Waals surface area (Å²) >= 11 is 3.68. The molecule has 6 nitrogen and oxygen atoms in total. The molecule has 3 heterocycles. The van der Waals surface area contributed by atoms with Crippen LogP contribution in [0.25, 0.3) is 0 Å². The van der Waals surface area contributed by atoms with E-state index in [0.717, 1.165) is 26.1 Å². The van der Waals surface area contributed by atoms with Crippen LogP contribution in [-0.2, 0) is 9.47 Å². The second-order valence-electron chi connectivity index (χ2n) is 7.00. The van der Waals surface area contributed by atoms with Gasteiger partial charge >= 0.3 is 6.09 Å². The summed E-state index contributed by atoms with van der Waals surface area (Å²) in [5.41, 5.74) is 5.53. The minimum Gasteiger partial charge on any atom is -0.444 e. The molecule has 1 fully saturated rings. The molecule has 3 aliphatic rings. The van der Waals surface area contributed by atoms with E-state index in [0.29, 0.717) is 19.1 Å². The predicted octanol–water partition coefficient (Wildman–Crippen LogP) is 2.21. The molecule has 0 spiro atoms. The fourth-order valence-electron chi connectivity index (χ4n) is 3.09. The number of carbonyl (C=O) groups is 1. The van der Waals surface area contributed by atoms with Gasteiger partial charge in [0.2, 0.25) is 0 Å². The van der Waals surface area contributed by atoms with Crippen molar-refractivity contribution in [3.63, 3.8) is 0 Å². The highest BCUT2D eigenvalue weighted by Crippen LogP contribution is 2.34. The van der Waals surface area contributed by atoms with E-state index in [2.05, 4.69) is 26.4 Å². The Morgan fingerprint density at radius 1 is 1.45 bits per heavy atom. The second kappa shape index (κ2) is 6.02. The van der Waals surface area contributed by atoms with E-state index in [9.17, 15) is 4.79 Å². The topological polar surface area (TPSA) is 54.0 Å². The first-order valence-electron chi connectivity index (χ1n) is 7.82. The zero-order chi connectivity index (χ0) is 15.9. The van der Waals surface area contributed by atoms with Gasteiger partial charge in [0, 0.05) is 31.8 Å². The van der Waals surface area contributed by atoms with Crippen LogP contribution in [-0.4, -0.2) is 58.9 Å². The summed E-state index contributed by atoms with van der Waals surface area (Å²) in [6.07, 6.45) is 1.65. The molecule has 7 heteroatoms. The fourth-order valence-corrected chi connectivity index (χ4v) is 3.72. The van der Waals surface area contributed by atoms with Gasteiger partial charge in [-0.2, -0.15) is 0 Å². The number of hydrogen-bond donors (Lipinski definition) is 1. The number of ether oxygens (including phenoxy) is 2. The van der Waals surface area contributed by atoms with E-state index in [4.69, 9.17) is 9.47 Å². The molecule has 1 amide bonds. The minimum atomic E-state index is -0.458. The molecule has 1 N–H and O–H groups in total. The molecule has 3 aliphatic heterocycles. The average Bonchev–Trinajstić information content (AvgIpc) is 3.05. The van der Waals surface area contributed by atoms with Crippen LogP contribution < -0.4 is 5.43 Å². The number of carbonyl (C=O) groups excluding carboxylic acids is 1. The van der Waals surface area contributed by atoms with Crippen molar-refractivity contribution >= 4 is 22.0 Å². The summed E-state index contributed by atoms with van der Waals surface area (Å²) in [5.74, 6) is 0. The molecule has 0 radical (unpaired) electrons. The number of alkyl halides is 1. The van der Waals surface area contributed by atoms with Gasteiger partial charge in [0.05, 0.1) is 12.6 Å². The first-order valence-corrected chi connectivity index (χ1v) is 8.74. The van der Waals surface area contributed by atoms with Gasteiger partial charge in [0.15, 0.2) is 0 Å². The number of amides is 1. The maximum atomic E-state index is 12.3. The monoisotopic (exact) mass is 373 g/mol. The number of hydrogen-bond acceptors (Lipinski definition) is 5. The lowest BCUT2D eigenvalue weighted by atomic mass is 10.1. The van der Waals surface area contributed by atoms with Gasteiger partial charge in [-0.25, -0.2) is 10.2 Å². The third-order valence-electron chi connectivity index (χ3n) is 4.12. The standard InChI is InChI=1S/C15H24BrN3O3/c1-15(2,3)22-14(20)18-6-4-12-11(8-18)13(16)17-19(12)10-5-7-21-9-10/h10,13,17H,4-9H2,1-3H3. The molecule has 0 aliphatic carbocycles. The van der Waals surface area contributed by atoms with Gasteiger partial charge < -0.3 is 19.4 Å².